The molecule has 1 atom stereocenters. The molecule has 1 aromatic heterocycles. The normalized spacial score (nSPS) is 17.1. The van der Waals surface area contributed by atoms with Crippen molar-refractivity contribution in [3.63, 3.8) is 0 Å². The van der Waals surface area contributed by atoms with Gasteiger partial charge in [-0.25, -0.2) is 8.42 Å². The number of nitrogens with one attached hydrogen (secondary N) is 1. The average molecular weight is 511 g/mol. The summed E-state index contributed by atoms with van der Waals surface area (Å²) in [6, 6.07) is 1.32. The summed E-state index contributed by atoms with van der Waals surface area (Å²) in [5, 5.41) is 6.18. The fourth-order valence-electron chi connectivity index (χ4n) is 3.81. The van der Waals surface area contributed by atoms with Gasteiger partial charge in [-0.1, -0.05) is 13.0 Å². The van der Waals surface area contributed by atoms with Crippen LogP contribution in [0.25, 0.3) is 4.72 Å². The second-order valence-electron chi connectivity index (χ2n) is 8.00. The summed E-state index contributed by atoms with van der Waals surface area (Å²) in [5.41, 5.74) is -0.537. The van der Waals surface area contributed by atoms with Gasteiger partial charge < -0.3 is 14.9 Å². The Morgan fingerprint density at radius 1 is 1.29 bits per heavy atom. The molecular formula is C20H26F3N6NaO3S. The Balaban J connectivity index is 0.00000408. The summed E-state index contributed by atoms with van der Waals surface area (Å²) in [4.78, 5) is 14.5. The smallest absolute Gasteiger partial charge is 0.424 e. The first-order chi connectivity index (χ1) is 15.4. The largest absolute Gasteiger partial charge is 1.00 e. The van der Waals surface area contributed by atoms with Gasteiger partial charge in [0.15, 0.2) is 6.03 Å². The topological polar surface area (TPSA) is 102 Å². The fraction of sp³-hybridized carbons (Fsp3) is 0.500. The number of hydrogen-bond donors (Lipinski definition) is 1. The summed E-state index contributed by atoms with van der Waals surface area (Å²) < 4.78 is 71.7. The predicted octanol–water partition coefficient (Wildman–Crippen LogP) is 0.757. The molecule has 1 aliphatic rings. The van der Waals surface area contributed by atoms with Gasteiger partial charge in [0.1, 0.15) is 0 Å². The Morgan fingerprint density at radius 3 is 2.56 bits per heavy atom. The molecule has 2 amide bonds. The number of nitrogens with zero attached hydrogens (tertiary/aromatic N) is 5. The van der Waals surface area contributed by atoms with E-state index < -0.39 is 34.0 Å². The molecule has 9 nitrogen and oxygen atoms in total. The van der Waals surface area contributed by atoms with Crippen LogP contribution in [0.5, 0.6) is 0 Å². The maximum Gasteiger partial charge on any atom is 1.00 e. The van der Waals surface area contributed by atoms with Crippen molar-refractivity contribution < 1.29 is 55.9 Å². The Kier molecular flexibility index (Phi) is 9.44. The molecule has 1 unspecified atom stereocenters. The molecular weight excluding hydrogens is 484 g/mol. The van der Waals surface area contributed by atoms with Gasteiger partial charge in [-0.2, -0.15) is 18.3 Å². The van der Waals surface area contributed by atoms with E-state index in [1.807, 2.05) is 11.9 Å². The number of rotatable bonds is 6. The Hall–Kier alpha value is -1.80. The van der Waals surface area contributed by atoms with Crippen LogP contribution in [0, 0.1) is 0 Å². The van der Waals surface area contributed by atoms with E-state index in [1.165, 1.54) is 23.1 Å². The number of aromatic nitrogens is 2. The van der Waals surface area contributed by atoms with Gasteiger partial charge in [-0.3, -0.25) is 13.8 Å². The molecule has 14 heteroatoms. The van der Waals surface area contributed by atoms with Crippen LogP contribution >= 0.6 is 0 Å². The number of likely N-dealkylation sites (N-methyl/N-ethyl adjacent to an activating group) is 1. The number of hydrogen-bond acceptors (Lipinski definition) is 5. The number of alkyl halides is 3. The van der Waals surface area contributed by atoms with Crippen molar-refractivity contribution in [1.82, 2.24) is 14.7 Å². The number of anilines is 2. The van der Waals surface area contributed by atoms with E-state index in [4.69, 9.17) is 0 Å². The molecule has 0 bridgehead atoms. The van der Waals surface area contributed by atoms with Crippen molar-refractivity contribution >= 4 is 27.6 Å². The van der Waals surface area contributed by atoms with Crippen LogP contribution in [0.15, 0.2) is 30.6 Å². The number of urea groups is 1. The number of carbonyl (C=O) groups excluding carboxylic acids is 1. The molecule has 182 valence electrons. The maximum absolute atomic E-state index is 13.2. The van der Waals surface area contributed by atoms with Crippen LogP contribution in [-0.4, -0.2) is 55.3 Å². The molecule has 1 saturated heterocycles. The first-order valence-electron chi connectivity index (χ1n) is 10.4. The summed E-state index contributed by atoms with van der Waals surface area (Å²) in [6.45, 7) is 2.91. The zero-order valence-corrected chi connectivity index (χ0v) is 22.3. The van der Waals surface area contributed by atoms with E-state index in [-0.39, 0.29) is 40.9 Å². The number of likely N-dealkylation sites (tertiary alicyclic amines) is 1. The van der Waals surface area contributed by atoms with Crippen molar-refractivity contribution in [1.29, 1.82) is 0 Å². The minimum atomic E-state index is -4.61. The second kappa shape index (κ2) is 11.3. The van der Waals surface area contributed by atoms with Crippen molar-refractivity contribution in [2.75, 3.05) is 29.8 Å². The molecule has 2 aromatic rings. The zero-order valence-electron chi connectivity index (χ0n) is 19.5. The van der Waals surface area contributed by atoms with Crippen molar-refractivity contribution in [3.8, 4) is 0 Å². The van der Waals surface area contributed by atoms with Crippen LogP contribution < -0.4 is 39.2 Å². The van der Waals surface area contributed by atoms with E-state index in [0.717, 1.165) is 29.4 Å². The number of carbonyl (C=O) groups is 1. The standard InChI is InChI=1S/C20H27F3N6O3S.Na/c1-4-14-8-15(20(21,22)23)10-16(9-14)25-19(30)26-33(31,32)29(18-11-24-28(3)13-18)17-6-5-7-27(2)12-17;/h8-11,13,17H,4-7,12H2,1-3H3,(H2,25,26,30);/q;+1/p-1. The Bertz CT molecular complexity index is 1110. The fourth-order valence-corrected chi connectivity index (χ4v) is 5.06. The zero-order chi connectivity index (χ0) is 24.4. The molecule has 2 heterocycles. The Labute approximate surface area is 219 Å². The summed E-state index contributed by atoms with van der Waals surface area (Å²) in [5.74, 6) is 0. The summed E-state index contributed by atoms with van der Waals surface area (Å²) in [6.07, 6.45) is -0.142. The third-order valence-corrected chi connectivity index (χ3v) is 6.71. The number of halogens is 3. The Morgan fingerprint density at radius 2 is 2.00 bits per heavy atom. The van der Waals surface area contributed by atoms with Gasteiger partial charge in [0.2, 0.25) is 0 Å². The second-order valence-corrected chi connectivity index (χ2v) is 9.47. The minimum absolute atomic E-state index is 0. The molecule has 0 saturated carbocycles. The van der Waals surface area contributed by atoms with Crippen LogP contribution in [0.4, 0.5) is 29.3 Å². The van der Waals surface area contributed by atoms with Crippen molar-refractivity contribution in [2.24, 2.45) is 7.05 Å². The van der Waals surface area contributed by atoms with Gasteiger partial charge in [0.25, 0.3) is 10.2 Å². The van der Waals surface area contributed by atoms with Gasteiger partial charge in [0, 0.05) is 19.8 Å². The van der Waals surface area contributed by atoms with Gasteiger partial charge >= 0.3 is 35.7 Å². The average Bonchev–Trinajstić information content (AvgIpc) is 3.11. The van der Waals surface area contributed by atoms with Crippen molar-refractivity contribution in [2.45, 2.75) is 38.4 Å². The number of amides is 2. The molecule has 1 aliphatic heterocycles. The molecule has 1 N–H and O–H groups in total. The van der Waals surface area contributed by atoms with Crippen LogP contribution in [0.2, 0.25) is 0 Å². The molecule has 34 heavy (non-hydrogen) atoms. The first kappa shape index (κ1) is 28.4. The molecule has 1 fully saturated rings. The number of aryl methyl sites for hydroxylation is 2. The third-order valence-electron chi connectivity index (χ3n) is 5.30. The maximum atomic E-state index is 13.2. The SMILES string of the molecule is CCc1cc(NC(=O)[N-]S(=O)(=O)N(c2cnn(C)c2)C2CCCN(C)C2)cc(C(F)(F)F)c1.[Na+]. The molecule has 0 aliphatic carbocycles. The third kappa shape index (κ3) is 7.11. The quantitative estimate of drug-likeness (QED) is 0.579. The van der Waals surface area contributed by atoms with E-state index in [0.29, 0.717) is 24.9 Å². The van der Waals surface area contributed by atoms with E-state index in [1.54, 1.807) is 14.0 Å². The minimum Gasteiger partial charge on any atom is -0.424 e. The number of benzene rings is 1. The predicted molar refractivity (Wildman–Crippen MR) is 118 cm³/mol. The molecule has 1 aromatic carbocycles. The van der Waals surface area contributed by atoms with E-state index in [9.17, 15) is 26.4 Å². The van der Waals surface area contributed by atoms with Gasteiger partial charge in [-0.05, 0) is 56.2 Å². The van der Waals surface area contributed by atoms with Gasteiger partial charge in [0.05, 0.1) is 23.5 Å². The van der Waals surface area contributed by atoms with Crippen LogP contribution in [0.3, 0.4) is 0 Å². The first-order valence-corrected chi connectivity index (χ1v) is 11.8. The summed E-state index contributed by atoms with van der Waals surface area (Å²) in [7, 11) is -1.02. The number of piperidine rings is 1. The molecule has 3 rings (SSSR count). The summed E-state index contributed by atoms with van der Waals surface area (Å²) >= 11 is 0. The van der Waals surface area contributed by atoms with Crippen molar-refractivity contribution in [3.05, 3.63) is 46.4 Å². The van der Waals surface area contributed by atoms with Gasteiger partial charge in [-0.15, -0.1) is 0 Å². The van der Waals surface area contributed by atoms with Crippen LogP contribution in [0.1, 0.15) is 30.9 Å². The van der Waals surface area contributed by atoms with Crippen LogP contribution in [-0.2, 0) is 29.9 Å². The molecule has 0 spiro atoms. The monoisotopic (exact) mass is 510 g/mol. The molecule has 0 radical (unpaired) electrons. The van der Waals surface area contributed by atoms with E-state index in [2.05, 4.69) is 15.1 Å². The van der Waals surface area contributed by atoms with E-state index >= 15 is 0 Å².